The van der Waals surface area contributed by atoms with Crippen LogP contribution in [0.5, 0.6) is 0 Å². The Morgan fingerprint density at radius 2 is 1.81 bits per heavy atom. The number of anilines is 2. The third kappa shape index (κ3) is 3.33. The summed E-state index contributed by atoms with van der Waals surface area (Å²) in [5.41, 5.74) is 2.33. The fraction of sp³-hybridized carbons (Fsp3) is 0.312. The number of alkyl halides is 1. The van der Waals surface area contributed by atoms with Gasteiger partial charge in [0.1, 0.15) is 5.82 Å². The van der Waals surface area contributed by atoms with Crippen molar-refractivity contribution in [1.82, 2.24) is 4.98 Å². The number of aromatic nitrogens is 1. The van der Waals surface area contributed by atoms with Crippen molar-refractivity contribution in [3.8, 4) is 0 Å². The van der Waals surface area contributed by atoms with Crippen LogP contribution in [0.2, 0.25) is 5.02 Å². The molecule has 0 spiro atoms. The van der Waals surface area contributed by atoms with Gasteiger partial charge in [0.15, 0.2) is 0 Å². The number of benzene rings is 1. The molecule has 1 saturated heterocycles. The molecular weight excluding hydrogens is 350 g/mol. The molecule has 0 N–H and O–H groups in total. The van der Waals surface area contributed by atoms with Gasteiger partial charge in [-0.15, -0.1) is 0 Å². The molecule has 0 atom stereocenters. The molecule has 0 unspecified atom stereocenters. The Bertz CT molecular complexity index is 598. The van der Waals surface area contributed by atoms with Crippen molar-refractivity contribution in [2.24, 2.45) is 0 Å². The number of piperazine rings is 1. The Morgan fingerprint density at radius 1 is 1.05 bits per heavy atom. The van der Waals surface area contributed by atoms with E-state index < -0.39 is 0 Å². The van der Waals surface area contributed by atoms with E-state index in [0.29, 0.717) is 0 Å². The largest absolute Gasteiger partial charge is 0.368 e. The first-order valence-electron chi connectivity index (χ1n) is 7.03. The predicted molar refractivity (Wildman–Crippen MR) is 92.7 cm³/mol. The molecule has 1 aliphatic heterocycles. The molecule has 110 valence electrons. The summed E-state index contributed by atoms with van der Waals surface area (Å²) in [6, 6.07) is 12.4. The minimum atomic E-state index is 0.791. The number of halogens is 2. The average Bonchev–Trinajstić information content (AvgIpc) is 2.56. The molecule has 1 fully saturated rings. The molecule has 5 heteroatoms. The van der Waals surface area contributed by atoms with Crippen LogP contribution in [0.4, 0.5) is 11.5 Å². The minimum absolute atomic E-state index is 0.791. The maximum Gasteiger partial charge on any atom is 0.128 e. The van der Waals surface area contributed by atoms with Gasteiger partial charge in [0, 0.05) is 48.4 Å². The summed E-state index contributed by atoms with van der Waals surface area (Å²) in [4.78, 5) is 9.12. The van der Waals surface area contributed by atoms with E-state index in [0.717, 1.165) is 47.9 Å². The van der Waals surface area contributed by atoms with Crippen LogP contribution in [0.25, 0.3) is 0 Å². The Hall–Kier alpha value is -1.26. The molecule has 2 heterocycles. The van der Waals surface area contributed by atoms with E-state index >= 15 is 0 Å². The van der Waals surface area contributed by atoms with E-state index in [9.17, 15) is 0 Å². The van der Waals surface area contributed by atoms with Crippen LogP contribution in [0.3, 0.4) is 0 Å². The summed E-state index contributed by atoms with van der Waals surface area (Å²) in [6.07, 6.45) is 1.85. The average molecular weight is 367 g/mol. The molecule has 0 aliphatic carbocycles. The van der Waals surface area contributed by atoms with Crippen LogP contribution in [0.1, 0.15) is 5.56 Å². The summed E-state index contributed by atoms with van der Waals surface area (Å²) in [6.45, 7) is 3.94. The lowest BCUT2D eigenvalue weighted by molar-refractivity contribution is 0.647. The predicted octanol–water partition coefficient (Wildman–Crippen LogP) is 3.96. The van der Waals surface area contributed by atoms with Crippen molar-refractivity contribution in [2.75, 3.05) is 36.0 Å². The van der Waals surface area contributed by atoms with Gasteiger partial charge < -0.3 is 9.80 Å². The zero-order valence-corrected chi connectivity index (χ0v) is 14.0. The van der Waals surface area contributed by atoms with Gasteiger partial charge in [-0.3, -0.25) is 0 Å². The van der Waals surface area contributed by atoms with Crippen LogP contribution in [0.15, 0.2) is 42.6 Å². The van der Waals surface area contributed by atoms with Crippen LogP contribution in [-0.4, -0.2) is 31.2 Å². The molecule has 1 aliphatic rings. The number of nitrogens with zero attached hydrogens (tertiary/aromatic N) is 3. The van der Waals surface area contributed by atoms with Crippen molar-refractivity contribution < 1.29 is 0 Å². The second-order valence-electron chi connectivity index (χ2n) is 5.07. The van der Waals surface area contributed by atoms with Gasteiger partial charge in [-0.05, 0) is 29.8 Å². The van der Waals surface area contributed by atoms with Crippen molar-refractivity contribution in [1.29, 1.82) is 0 Å². The summed E-state index contributed by atoms with van der Waals surface area (Å²) >= 11 is 9.75. The Kier molecular flexibility index (Phi) is 4.66. The lowest BCUT2D eigenvalue weighted by Crippen LogP contribution is -2.46. The Balaban J connectivity index is 1.67. The first-order valence-corrected chi connectivity index (χ1v) is 8.53. The number of rotatable bonds is 3. The van der Waals surface area contributed by atoms with Gasteiger partial charge in [-0.1, -0.05) is 39.7 Å². The van der Waals surface area contributed by atoms with E-state index in [2.05, 4.69) is 55.0 Å². The molecule has 0 saturated carbocycles. The first-order chi connectivity index (χ1) is 10.3. The van der Waals surface area contributed by atoms with Gasteiger partial charge in [0.05, 0.1) is 0 Å². The van der Waals surface area contributed by atoms with E-state index in [1.807, 2.05) is 18.3 Å². The monoisotopic (exact) mass is 365 g/mol. The molecule has 3 rings (SSSR count). The standard InChI is InChI=1S/C16H17BrClN3/c17-12-13-4-5-14(11-15(13)18)20-7-9-21(10-8-20)16-3-1-2-6-19-16/h1-6,11H,7-10,12H2. The summed E-state index contributed by atoms with van der Waals surface area (Å²) < 4.78 is 0. The lowest BCUT2D eigenvalue weighted by Gasteiger charge is -2.36. The van der Waals surface area contributed by atoms with Gasteiger partial charge in [-0.25, -0.2) is 4.98 Å². The minimum Gasteiger partial charge on any atom is -0.368 e. The Labute approximate surface area is 138 Å². The highest BCUT2D eigenvalue weighted by Gasteiger charge is 2.18. The normalized spacial score (nSPS) is 15.3. The van der Waals surface area contributed by atoms with Crippen molar-refractivity contribution in [3.63, 3.8) is 0 Å². The summed E-state index contributed by atoms with van der Waals surface area (Å²) in [5, 5.41) is 1.62. The lowest BCUT2D eigenvalue weighted by atomic mass is 10.2. The fourth-order valence-electron chi connectivity index (χ4n) is 2.58. The molecule has 0 radical (unpaired) electrons. The molecule has 2 aromatic rings. The van der Waals surface area contributed by atoms with E-state index in [-0.39, 0.29) is 0 Å². The number of hydrogen-bond donors (Lipinski definition) is 0. The highest BCUT2D eigenvalue weighted by atomic mass is 79.9. The molecule has 3 nitrogen and oxygen atoms in total. The van der Waals surface area contributed by atoms with Crippen LogP contribution in [0, 0.1) is 0 Å². The third-order valence-electron chi connectivity index (χ3n) is 3.80. The van der Waals surface area contributed by atoms with Crippen molar-refractivity contribution in [3.05, 3.63) is 53.2 Å². The zero-order chi connectivity index (χ0) is 14.7. The molecule has 1 aromatic carbocycles. The SMILES string of the molecule is Clc1cc(N2CCN(c3ccccn3)CC2)ccc1CBr. The second-order valence-corrected chi connectivity index (χ2v) is 6.04. The highest BCUT2D eigenvalue weighted by molar-refractivity contribution is 9.08. The second kappa shape index (κ2) is 6.67. The quantitative estimate of drug-likeness (QED) is 0.767. The van der Waals surface area contributed by atoms with Crippen LogP contribution >= 0.6 is 27.5 Å². The van der Waals surface area contributed by atoms with E-state index in [4.69, 9.17) is 11.6 Å². The fourth-order valence-corrected chi connectivity index (χ4v) is 3.47. The van der Waals surface area contributed by atoms with Gasteiger partial charge >= 0.3 is 0 Å². The van der Waals surface area contributed by atoms with Gasteiger partial charge in [0.25, 0.3) is 0 Å². The van der Waals surface area contributed by atoms with Crippen LogP contribution in [-0.2, 0) is 5.33 Å². The van der Waals surface area contributed by atoms with Crippen molar-refractivity contribution in [2.45, 2.75) is 5.33 Å². The van der Waals surface area contributed by atoms with Crippen molar-refractivity contribution >= 4 is 39.0 Å². The highest BCUT2D eigenvalue weighted by Crippen LogP contribution is 2.26. The van der Waals surface area contributed by atoms with E-state index in [1.54, 1.807) is 0 Å². The molecule has 0 amide bonds. The third-order valence-corrected chi connectivity index (χ3v) is 4.75. The molecule has 21 heavy (non-hydrogen) atoms. The summed E-state index contributed by atoms with van der Waals surface area (Å²) in [7, 11) is 0. The van der Waals surface area contributed by atoms with Crippen LogP contribution < -0.4 is 9.80 Å². The maximum absolute atomic E-state index is 6.30. The smallest absolute Gasteiger partial charge is 0.128 e. The zero-order valence-electron chi connectivity index (χ0n) is 11.7. The van der Waals surface area contributed by atoms with E-state index in [1.165, 1.54) is 5.69 Å². The Morgan fingerprint density at radius 3 is 2.43 bits per heavy atom. The number of pyridine rings is 1. The summed E-state index contributed by atoms with van der Waals surface area (Å²) in [5.74, 6) is 1.06. The topological polar surface area (TPSA) is 19.4 Å². The van der Waals surface area contributed by atoms with Gasteiger partial charge in [-0.2, -0.15) is 0 Å². The number of hydrogen-bond acceptors (Lipinski definition) is 3. The molecule has 0 bridgehead atoms. The molecule has 1 aromatic heterocycles. The first kappa shape index (κ1) is 14.7. The molecular formula is C16H17BrClN3. The maximum atomic E-state index is 6.30. The van der Waals surface area contributed by atoms with Gasteiger partial charge in [0.2, 0.25) is 0 Å².